The third kappa shape index (κ3) is 4.89. The van der Waals surface area contributed by atoms with Gasteiger partial charge in [0.1, 0.15) is 4.90 Å². The molecule has 0 unspecified atom stereocenters. The maximum absolute atomic E-state index is 12.6. The van der Waals surface area contributed by atoms with Crippen molar-refractivity contribution in [2.45, 2.75) is 22.1 Å². The average Bonchev–Trinajstić information content (AvgIpc) is 2.69. The van der Waals surface area contributed by atoms with E-state index in [1.807, 2.05) is 0 Å². The fourth-order valence-electron chi connectivity index (χ4n) is 2.61. The van der Waals surface area contributed by atoms with Gasteiger partial charge in [0.15, 0.2) is 5.78 Å². The van der Waals surface area contributed by atoms with Crippen LogP contribution in [0.4, 0.5) is 0 Å². The van der Waals surface area contributed by atoms with Crippen molar-refractivity contribution in [3.05, 3.63) is 53.2 Å². The molecule has 27 heavy (non-hydrogen) atoms. The minimum Gasteiger partial charge on any atom is -0.379 e. The van der Waals surface area contributed by atoms with E-state index in [9.17, 15) is 13.2 Å². The van der Waals surface area contributed by atoms with Gasteiger partial charge in [0.25, 0.3) is 0 Å². The van der Waals surface area contributed by atoms with E-state index in [0.29, 0.717) is 41.9 Å². The number of carbonyl (C=O) groups excluding carboxylic acids is 1. The number of sulfonamides is 1. The number of hydrogen-bond donors (Lipinski definition) is 0. The van der Waals surface area contributed by atoms with Crippen LogP contribution in [0.25, 0.3) is 0 Å². The number of halogens is 1. The Morgan fingerprint density at radius 1 is 1.19 bits per heavy atom. The number of ether oxygens (including phenoxy) is 1. The molecule has 1 atom stereocenters. The summed E-state index contributed by atoms with van der Waals surface area (Å²) in [6.45, 7) is 3.26. The van der Waals surface area contributed by atoms with E-state index in [-0.39, 0.29) is 15.9 Å². The number of hydrogen-bond acceptors (Lipinski definition) is 6. The molecule has 2 heterocycles. The second kappa shape index (κ2) is 8.70. The Hall–Kier alpha value is -1.45. The molecule has 0 radical (unpaired) electrons. The van der Waals surface area contributed by atoms with Crippen LogP contribution in [0.15, 0.2) is 52.5 Å². The van der Waals surface area contributed by atoms with Crippen molar-refractivity contribution < 1.29 is 17.9 Å². The number of ketones is 1. The van der Waals surface area contributed by atoms with Gasteiger partial charge in [-0.1, -0.05) is 23.4 Å². The number of aromatic nitrogens is 1. The number of thioether (sulfide) groups is 1. The molecule has 1 aliphatic heterocycles. The fourth-order valence-corrected chi connectivity index (χ4v) is 4.95. The molecule has 9 heteroatoms. The number of morpholine rings is 1. The third-order valence-electron chi connectivity index (χ3n) is 4.11. The normalized spacial score (nSPS) is 16.8. The molecule has 0 bridgehead atoms. The molecule has 6 nitrogen and oxygen atoms in total. The summed E-state index contributed by atoms with van der Waals surface area (Å²) in [6.07, 6.45) is 1.34. The predicted molar refractivity (Wildman–Crippen MR) is 105 cm³/mol. The molecule has 1 saturated heterocycles. The van der Waals surface area contributed by atoms with Crippen LogP contribution in [-0.4, -0.2) is 55.0 Å². The molecule has 1 aliphatic rings. The Bertz CT molecular complexity index is 896. The molecule has 0 N–H and O–H groups in total. The zero-order chi connectivity index (χ0) is 19.4. The van der Waals surface area contributed by atoms with E-state index in [1.165, 1.54) is 28.3 Å². The number of carbonyl (C=O) groups is 1. The number of pyridine rings is 1. The number of benzene rings is 1. The lowest BCUT2D eigenvalue weighted by Gasteiger charge is -2.25. The Kier molecular flexibility index (Phi) is 6.54. The van der Waals surface area contributed by atoms with Gasteiger partial charge in [-0.25, -0.2) is 13.4 Å². The van der Waals surface area contributed by atoms with Crippen LogP contribution in [0, 0.1) is 0 Å². The summed E-state index contributed by atoms with van der Waals surface area (Å²) in [5.41, 5.74) is 0.575. The van der Waals surface area contributed by atoms with Crippen molar-refractivity contribution in [3.8, 4) is 0 Å². The van der Waals surface area contributed by atoms with Gasteiger partial charge in [0.2, 0.25) is 10.0 Å². The summed E-state index contributed by atoms with van der Waals surface area (Å²) in [7, 11) is -3.57. The molecule has 1 aromatic carbocycles. The maximum Gasteiger partial charge on any atom is 0.244 e. The molecular formula is C18H19ClN2O4S2. The van der Waals surface area contributed by atoms with Crippen LogP contribution < -0.4 is 0 Å². The molecule has 0 saturated carbocycles. The second-order valence-electron chi connectivity index (χ2n) is 5.98. The van der Waals surface area contributed by atoms with Gasteiger partial charge in [-0.15, -0.1) is 0 Å². The van der Waals surface area contributed by atoms with Gasteiger partial charge in [-0.2, -0.15) is 4.31 Å². The highest BCUT2D eigenvalue weighted by molar-refractivity contribution is 8.00. The molecular weight excluding hydrogens is 408 g/mol. The fraction of sp³-hybridized carbons (Fsp3) is 0.333. The summed E-state index contributed by atoms with van der Waals surface area (Å²) < 4.78 is 31.8. The summed E-state index contributed by atoms with van der Waals surface area (Å²) in [5.74, 6) is -0.0384. The molecule has 1 aromatic heterocycles. The quantitative estimate of drug-likeness (QED) is 0.521. The van der Waals surface area contributed by atoms with Crippen molar-refractivity contribution in [2.24, 2.45) is 0 Å². The van der Waals surface area contributed by atoms with Gasteiger partial charge in [-0.3, -0.25) is 4.79 Å². The topological polar surface area (TPSA) is 76.6 Å². The van der Waals surface area contributed by atoms with Crippen molar-refractivity contribution in [2.75, 3.05) is 26.3 Å². The van der Waals surface area contributed by atoms with Gasteiger partial charge < -0.3 is 4.74 Å². The van der Waals surface area contributed by atoms with Gasteiger partial charge in [0.05, 0.1) is 23.5 Å². The number of nitrogens with zero attached hydrogens (tertiary/aromatic N) is 2. The zero-order valence-corrected chi connectivity index (χ0v) is 17.1. The minimum absolute atomic E-state index is 0.0384. The lowest BCUT2D eigenvalue weighted by molar-refractivity contribution is 0.0730. The molecule has 0 amide bonds. The van der Waals surface area contributed by atoms with Crippen LogP contribution in [0.2, 0.25) is 5.02 Å². The van der Waals surface area contributed by atoms with Crippen LogP contribution in [-0.2, 0) is 14.8 Å². The molecule has 0 aliphatic carbocycles. The summed E-state index contributed by atoms with van der Waals surface area (Å²) in [4.78, 5) is 16.9. The van der Waals surface area contributed by atoms with E-state index in [4.69, 9.17) is 16.3 Å². The van der Waals surface area contributed by atoms with Crippen LogP contribution in [0.1, 0.15) is 17.3 Å². The van der Waals surface area contributed by atoms with Gasteiger partial charge in [-0.05, 0) is 43.3 Å². The Balaban J connectivity index is 1.68. The van der Waals surface area contributed by atoms with E-state index >= 15 is 0 Å². The maximum atomic E-state index is 12.6. The first-order chi connectivity index (χ1) is 12.9. The Morgan fingerprint density at radius 3 is 2.44 bits per heavy atom. The molecule has 144 valence electrons. The molecule has 1 fully saturated rings. The van der Waals surface area contributed by atoms with Crippen LogP contribution in [0.3, 0.4) is 0 Å². The van der Waals surface area contributed by atoms with E-state index in [0.717, 1.165) is 0 Å². The number of rotatable bonds is 6. The smallest absolute Gasteiger partial charge is 0.244 e. The standard InChI is InChI=1S/C18H19ClN2O4S2/c1-13(18(22)14-2-4-15(19)5-3-14)26-17-7-6-16(12-20-17)27(23,24)21-8-10-25-11-9-21/h2-7,12-13H,8-11H2,1H3/t13-/m1/s1. The van der Waals surface area contributed by atoms with E-state index in [1.54, 1.807) is 37.3 Å². The molecule has 3 rings (SSSR count). The summed E-state index contributed by atoms with van der Waals surface area (Å²) in [6, 6.07) is 9.88. The van der Waals surface area contributed by atoms with Gasteiger partial charge >= 0.3 is 0 Å². The second-order valence-corrected chi connectivity index (χ2v) is 9.72. The SMILES string of the molecule is C[C@@H](Sc1ccc(S(=O)(=O)N2CCOCC2)cn1)C(=O)c1ccc(Cl)cc1. The Labute approximate surface area is 167 Å². The first-order valence-electron chi connectivity index (χ1n) is 8.38. The summed E-state index contributed by atoms with van der Waals surface area (Å²) in [5, 5.41) is 0.803. The molecule has 2 aromatic rings. The highest BCUT2D eigenvalue weighted by Gasteiger charge is 2.26. The third-order valence-corrected chi connectivity index (χ3v) is 7.30. The van der Waals surface area contributed by atoms with E-state index < -0.39 is 10.0 Å². The van der Waals surface area contributed by atoms with E-state index in [2.05, 4.69) is 4.98 Å². The predicted octanol–water partition coefficient (Wildman–Crippen LogP) is 3.12. The molecule has 0 spiro atoms. The lowest BCUT2D eigenvalue weighted by atomic mass is 10.1. The van der Waals surface area contributed by atoms with Crippen molar-refractivity contribution >= 4 is 39.2 Å². The lowest BCUT2D eigenvalue weighted by Crippen LogP contribution is -2.40. The van der Waals surface area contributed by atoms with Crippen molar-refractivity contribution in [1.82, 2.24) is 9.29 Å². The number of Topliss-reactive ketones (excluding diaryl/α,β-unsaturated/α-hetero) is 1. The first-order valence-corrected chi connectivity index (χ1v) is 11.1. The average molecular weight is 427 g/mol. The highest BCUT2D eigenvalue weighted by Crippen LogP contribution is 2.26. The monoisotopic (exact) mass is 426 g/mol. The van der Waals surface area contributed by atoms with Crippen molar-refractivity contribution in [1.29, 1.82) is 0 Å². The van der Waals surface area contributed by atoms with Crippen LogP contribution >= 0.6 is 23.4 Å². The van der Waals surface area contributed by atoms with Gasteiger partial charge in [0, 0.05) is 29.9 Å². The minimum atomic E-state index is -3.57. The Morgan fingerprint density at radius 2 is 1.85 bits per heavy atom. The van der Waals surface area contributed by atoms with Crippen LogP contribution in [0.5, 0.6) is 0 Å². The van der Waals surface area contributed by atoms with Crippen molar-refractivity contribution in [3.63, 3.8) is 0 Å². The first kappa shape index (κ1) is 20.3. The summed E-state index contributed by atoms with van der Waals surface area (Å²) >= 11 is 7.13. The largest absolute Gasteiger partial charge is 0.379 e. The highest BCUT2D eigenvalue weighted by atomic mass is 35.5. The zero-order valence-electron chi connectivity index (χ0n) is 14.7.